The minimum Gasteiger partial charge on any atom is -0.468 e. The zero-order chi connectivity index (χ0) is 9.72. The third kappa shape index (κ3) is 3.37. The molecule has 0 saturated heterocycles. The van der Waals surface area contributed by atoms with Gasteiger partial charge in [0.2, 0.25) is 5.91 Å². The molecule has 4 nitrogen and oxygen atoms in total. The van der Waals surface area contributed by atoms with Crippen LogP contribution in [0.2, 0.25) is 0 Å². The van der Waals surface area contributed by atoms with E-state index in [2.05, 4.69) is 4.74 Å². The smallest absolute Gasteiger partial charge is 0.325 e. The lowest BCUT2D eigenvalue weighted by molar-refractivity contribution is -0.147. The first kappa shape index (κ1) is 10.9. The van der Waals surface area contributed by atoms with Crippen molar-refractivity contribution in [2.45, 2.75) is 26.8 Å². The lowest BCUT2D eigenvalue weighted by atomic mass is 10.3. The Balaban J connectivity index is 4.14. The molecule has 0 N–H and O–H groups in total. The summed E-state index contributed by atoms with van der Waals surface area (Å²) < 4.78 is 4.45. The van der Waals surface area contributed by atoms with Crippen molar-refractivity contribution < 1.29 is 14.3 Å². The van der Waals surface area contributed by atoms with Crippen LogP contribution in [0.5, 0.6) is 0 Å². The highest BCUT2D eigenvalue weighted by molar-refractivity contribution is 5.80. The predicted molar refractivity (Wildman–Crippen MR) is 44.5 cm³/mol. The summed E-state index contributed by atoms with van der Waals surface area (Å²) >= 11 is 0. The highest BCUT2D eigenvalue weighted by Crippen LogP contribution is 1.98. The first-order chi connectivity index (χ1) is 5.49. The predicted octanol–water partition coefficient (Wildman–Crippen LogP) is 0.416. The van der Waals surface area contributed by atoms with E-state index in [1.807, 2.05) is 13.8 Å². The first-order valence-electron chi connectivity index (χ1n) is 3.83. The number of carbonyl (C=O) groups excluding carboxylic acids is 2. The van der Waals surface area contributed by atoms with E-state index in [0.717, 1.165) is 0 Å². The van der Waals surface area contributed by atoms with Crippen LogP contribution in [0.3, 0.4) is 0 Å². The number of methoxy groups -OCH3 is 1. The summed E-state index contributed by atoms with van der Waals surface area (Å²) in [6.45, 7) is 5.17. The van der Waals surface area contributed by atoms with Gasteiger partial charge in [0, 0.05) is 13.0 Å². The van der Waals surface area contributed by atoms with Gasteiger partial charge in [0.25, 0.3) is 0 Å². The van der Waals surface area contributed by atoms with E-state index in [9.17, 15) is 9.59 Å². The van der Waals surface area contributed by atoms with E-state index in [0.29, 0.717) is 0 Å². The Morgan fingerprint density at radius 3 is 2.17 bits per heavy atom. The summed E-state index contributed by atoms with van der Waals surface area (Å²) in [5.41, 5.74) is 0. The Labute approximate surface area is 72.5 Å². The molecule has 0 saturated carbocycles. The molecule has 0 spiro atoms. The topological polar surface area (TPSA) is 46.6 Å². The molecular weight excluding hydrogens is 158 g/mol. The van der Waals surface area contributed by atoms with E-state index < -0.39 is 0 Å². The molecule has 70 valence electrons. The first-order valence-corrected chi connectivity index (χ1v) is 3.83. The fourth-order valence-corrected chi connectivity index (χ4v) is 0.861. The summed E-state index contributed by atoms with van der Waals surface area (Å²) in [5.74, 6) is -0.505. The van der Waals surface area contributed by atoms with E-state index in [1.165, 1.54) is 18.9 Å². The summed E-state index contributed by atoms with van der Waals surface area (Å²) in [6, 6.07) is 0.0293. The van der Waals surface area contributed by atoms with Crippen LogP contribution in [0.15, 0.2) is 0 Å². The van der Waals surface area contributed by atoms with E-state index in [-0.39, 0.29) is 24.5 Å². The van der Waals surface area contributed by atoms with Crippen molar-refractivity contribution >= 4 is 11.9 Å². The zero-order valence-electron chi connectivity index (χ0n) is 7.96. The van der Waals surface area contributed by atoms with Crippen LogP contribution in [0, 0.1) is 0 Å². The van der Waals surface area contributed by atoms with Gasteiger partial charge in [0.05, 0.1) is 7.11 Å². The van der Waals surface area contributed by atoms with E-state index >= 15 is 0 Å². The van der Waals surface area contributed by atoms with Crippen molar-refractivity contribution in [2.24, 2.45) is 0 Å². The SMILES string of the molecule is COC(=O)CN(C(C)=O)C(C)C. The molecule has 0 aliphatic heterocycles. The second-order valence-electron chi connectivity index (χ2n) is 2.82. The molecule has 12 heavy (non-hydrogen) atoms. The third-order valence-corrected chi connectivity index (χ3v) is 1.55. The number of hydrogen-bond donors (Lipinski definition) is 0. The monoisotopic (exact) mass is 173 g/mol. The molecule has 0 fully saturated rings. The third-order valence-electron chi connectivity index (χ3n) is 1.55. The average molecular weight is 173 g/mol. The second kappa shape index (κ2) is 4.74. The van der Waals surface area contributed by atoms with Crippen LogP contribution in [0.1, 0.15) is 20.8 Å². The molecule has 1 amide bonds. The number of rotatable bonds is 3. The van der Waals surface area contributed by atoms with Crippen LogP contribution in [0.4, 0.5) is 0 Å². The highest BCUT2D eigenvalue weighted by atomic mass is 16.5. The summed E-state index contributed by atoms with van der Waals surface area (Å²) in [4.78, 5) is 23.2. The molecule has 0 aromatic carbocycles. The maximum absolute atomic E-state index is 11.0. The molecule has 0 atom stereocenters. The number of nitrogens with zero attached hydrogens (tertiary/aromatic N) is 1. The Bertz CT molecular complexity index is 177. The quantitative estimate of drug-likeness (QED) is 0.581. The van der Waals surface area contributed by atoms with Gasteiger partial charge < -0.3 is 9.64 Å². The van der Waals surface area contributed by atoms with Crippen molar-refractivity contribution in [1.82, 2.24) is 4.90 Å². The lowest BCUT2D eigenvalue weighted by Crippen LogP contribution is -2.39. The van der Waals surface area contributed by atoms with Crippen molar-refractivity contribution in [2.75, 3.05) is 13.7 Å². The average Bonchev–Trinajstić information content (AvgIpc) is 1.98. The molecule has 0 aromatic heterocycles. The Morgan fingerprint density at radius 1 is 1.42 bits per heavy atom. The van der Waals surface area contributed by atoms with E-state index in [4.69, 9.17) is 0 Å². The highest BCUT2D eigenvalue weighted by Gasteiger charge is 2.16. The van der Waals surface area contributed by atoms with Crippen molar-refractivity contribution in [3.05, 3.63) is 0 Å². The number of ether oxygens (including phenoxy) is 1. The molecule has 0 rings (SSSR count). The van der Waals surface area contributed by atoms with Crippen molar-refractivity contribution in [3.63, 3.8) is 0 Å². The summed E-state index contributed by atoms with van der Waals surface area (Å²) in [5, 5.41) is 0. The van der Waals surface area contributed by atoms with Gasteiger partial charge in [-0.3, -0.25) is 9.59 Å². The summed E-state index contributed by atoms with van der Waals surface area (Å²) in [6.07, 6.45) is 0. The standard InChI is InChI=1S/C8H15NO3/c1-6(2)9(7(3)10)5-8(11)12-4/h6H,5H2,1-4H3. The fraction of sp³-hybridized carbons (Fsp3) is 0.750. The molecule has 4 heteroatoms. The van der Waals surface area contributed by atoms with Crippen LogP contribution >= 0.6 is 0 Å². The van der Waals surface area contributed by atoms with Gasteiger partial charge in [0.1, 0.15) is 6.54 Å². The molecule has 0 heterocycles. The van der Waals surface area contributed by atoms with Gasteiger partial charge in [0.15, 0.2) is 0 Å². The number of carbonyl (C=O) groups is 2. The Morgan fingerprint density at radius 2 is 1.92 bits per heavy atom. The van der Waals surface area contributed by atoms with Gasteiger partial charge >= 0.3 is 5.97 Å². The fourth-order valence-electron chi connectivity index (χ4n) is 0.861. The Hall–Kier alpha value is -1.06. The normalized spacial score (nSPS) is 9.75. The second-order valence-corrected chi connectivity index (χ2v) is 2.82. The molecule has 0 unspecified atom stereocenters. The van der Waals surface area contributed by atoms with Crippen LogP contribution in [-0.4, -0.2) is 36.5 Å². The molecule has 0 radical (unpaired) electrons. The largest absolute Gasteiger partial charge is 0.468 e. The van der Waals surface area contributed by atoms with Crippen LogP contribution in [0.25, 0.3) is 0 Å². The van der Waals surface area contributed by atoms with Crippen LogP contribution in [-0.2, 0) is 14.3 Å². The molecule has 0 aromatic rings. The molecular formula is C8H15NO3. The van der Waals surface area contributed by atoms with Gasteiger partial charge in [-0.05, 0) is 13.8 Å². The number of hydrogen-bond acceptors (Lipinski definition) is 3. The maximum Gasteiger partial charge on any atom is 0.325 e. The Kier molecular flexibility index (Phi) is 4.33. The summed E-state index contributed by atoms with van der Waals surface area (Å²) in [7, 11) is 1.31. The maximum atomic E-state index is 11.0. The molecule has 0 aliphatic rings. The van der Waals surface area contributed by atoms with Gasteiger partial charge in [-0.2, -0.15) is 0 Å². The molecule has 0 aliphatic carbocycles. The van der Waals surface area contributed by atoms with Gasteiger partial charge in [-0.25, -0.2) is 0 Å². The van der Waals surface area contributed by atoms with Crippen molar-refractivity contribution in [3.8, 4) is 0 Å². The van der Waals surface area contributed by atoms with Gasteiger partial charge in [-0.15, -0.1) is 0 Å². The number of amides is 1. The minimum atomic E-state index is -0.390. The zero-order valence-corrected chi connectivity index (χ0v) is 7.96. The minimum absolute atomic E-state index is 0.0293. The number of esters is 1. The van der Waals surface area contributed by atoms with Crippen molar-refractivity contribution in [1.29, 1.82) is 0 Å². The van der Waals surface area contributed by atoms with Gasteiger partial charge in [-0.1, -0.05) is 0 Å². The molecule has 0 bridgehead atoms. The van der Waals surface area contributed by atoms with Crippen LogP contribution < -0.4 is 0 Å². The lowest BCUT2D eigenvalue weighted by Gasteiger charge is -2.23. The van der Waals surface area contributed by atoms with E-state index in [1.54, 1.807) is 0 Å².